The van der Waals surface area contributed by atoms with Crippen molar-refractivity contribution in [3.63, 3.8) is 0 Å². The molecule has 0 bridgehead atoms. The third-order valence-corrected chi connectivity index (χ3v) is 4.61. The Labute approximate surface area is 93.8 Å². The van der Waals surface area contributed by atoms with E-state index in [1.54, 1.807) is 5.57 Å². The number of fused-ring (bicyclic) bond motifs is 1. The topological polar surface area (TPSA) is 0 Å². The van der Waals surface area contributed by atoms with Gasteiger partial charge in [0.25, 0.3) is 0 Å². The Kier molecular flexibility index (Phi) is 2.62. The van der Waals surface area contributed by atoms with E-state index >= 15 is 0 Å². The van der Waals surface area contributed by atoms with Crippen molar-refractivity contribution in [2.24, 2.45) is 11.3 Å². The van der Waals surface area contributed by atoms with Crippen LogP contribution in [0.3, 0.4) is 0 Å². The Morgan fingerprint density at radius 3 is 2.93 bits per heavy atom. The van der Waals surface area contributed by atoms with Crippen LogP contribution < -0.4 is 0 Å². The first-order chi connectivity index (χ1) is 7.11. The molecule has 0 radical (unpaired) electrons. The molecule has 0 aromatic rings. The molecule has 0 heterocycles. The summed E-state index contributed by atoms with van der Waals surface area (Å²) in [6, 6.07) is 0. The van der Waals surface area contributed by atoms with Crippen molar-refractivity contribution in [1.82, 2.24) is 0 Å². The van der Waals surface area contributed by atoms with Crippen LogP contribution in [-0.4, -0.2) is 0 Å². The van der Waals surface area contributed by atoms with Gasteiger partial charge < -0.3 is 0 Å². The minimum Gasteiger partial charge on any atom is -0.0988 e. The van der Waals surface area contributed by atoms with Gasteiger partial charge in [0.1, 0.15) is 0 Å². The van der Waals surface area contributed by atoms with Crippen molar-refractivity contribution in [1.29, 1.82) is 0 Å². The van der Waals surface area contributed by atoms with Gasteiger partial charge in [-0.1, -0.05) is 45.1 Å². The molecule has 15 heavy (non-hydrogen) atoms. The van der Waals surface area contributed by atoms with E-state index in [0.29, 0.717) is 5.41 Å². The number of hydrogen-bond acceptors (Lipinski definition) is 0. The summed E-state index contributed by atoms with van der Waals surface area (Å²) < 4.78 is 0. The lowest BCUT2D eigenvalue weighted by Crippen LogP contribution is -2.24. The first kappa shape index (κ1) is 10.7. The van der Waals surface area contributed by atoms with Gasteiger partial charge in [-0.3, -0.25) is 0 Å². The van der Waals surface area contributed by atoms with Crippen molar-refractivity contribution in [3.05, 3.63) is 35.5 Å². The predicted molar refractivity (Wildman–Crippen MR) is 66.7 cm³/mol. The van der Waals surface area contributed by atoms with Crippen LogP contribution in [0.15, 0.2) is 35.5 Å². The van der Waals surface area contributed by atoms with E-state index in [-0.39, 0.29) is 0 Å². The second-order valence-corrected chi connectivity index (χ2v) is 5.31. The molecule has 0 heteroatoms. The van der Waals surface area contributed by atoms with Crippen molar-refractivity contribution in [3.8, 4) is 0 Å². The minimum absolute atomic E-state index is 0.433. The number of allylic oxidation sites excluding steroid dienone is 5. The van der Waals surface area contributed by atoms with Crippen LogP contribution in [0, 0.1) is 11.3 Å². The van der Waals surface area contributed by atoms with Gasteiger partial charge in [0.2, 0.25) is 0 Å². The molecule has 0 spiro atoms. The van der Waals surface area contributed by atoms with Gasteiger partial charge in [-0.05, 0) is 48.2 Å². The fourth-order valence-electron chi connectivity index (χ4n) is 3.16. The summed E-state index contributed by atoms with van der Waals surface area (Å²) in [7, 11) is 0. The third kappa shape index (κ3) is 1.51. The van der Waals surface area contributed by atoms with Crippen LogP contribution in [0.1, 0.15) is 46.5 Å². The smallest absolute Gasteiger partial charge is 0.00470 e. The zero-order valence-corrected chi connectivity index (χ0v) is 10.3. The maximum atomic E-state index is 3.97. The Morgan fingerprint density at radius 2 is 2.33 bits per heavy atom. The molecule has 1 fully saturated rings. The highest BCUT2D eigenvalue weighted by atomic mass is 14.5. The second-order valence-electron chi connectivity index (χ2n) is 5.31. The normalized spacial score (nSPS) is 35.1. The Bertz CT molecular complexity index is 343. The van der Waals surface area contributed by atoms with Crippen molar-refractivity contribution in [2.75, 3.05) is 0 Å². The lowest BCUT2D eigenvalue weighted by molar-refractivity contribution is 0.292. The largest absolute Gasteiger partial charge is 0.0988 e. The molecular formula is C15H22. The summed E-state index contributed by atoms with van der Waals surface area (Å²) >= 11 is 0. The van der Waals surface area contributed by atoms with Gasteiger partial charge in [-0.25, -0.2) is 0 Å². The monoisotopic (exact) mass is 202 g/mol. The second kappa shape index (κ2) is 3.66. The van der Waals surface area contributed by atoms with Crippen LogP contribution in [0.4, 0.5) is 0 Å². The van der Waals surface area contributed by atoms with Gasteiger partial charge in [-0.15, -0.1) is 0 Å². The highest BCUT2D eigenvalue weighted by molar-refractivity contribution is 5.43. The molecule has 2 unspecified atom stereocenters. The summed E-state index contributed by atoms with van der Waals surface area (Å²) in [4.78, 5) is 0. The lowest BCUT2D eigenvalue weighted by Gasteiger charge is -2.35. The van der Waals surface area contributed by atoms with E-state index in [1.807, 2.05) is 0 Å². The van der Waals surface area contributed by atoms with E-state index < -0.39 is 0 Å². The van der Waals surface area contributed by atoms with Crippen molar-refractivity contribution >= 4 is 0 Å². The van der Waals surface area contributed by atoms with Crippen molar-refractivity contribution in [2.45, 2.75) is 46.5 Å². The minimum atomic E-state index is 0.433. The zero-order chi connectivity index (χ0) is 11.1. The highest BCUT2D eigenvalue weighted by Gasteiger charge is 2.42. The maximum Gasteiger partial charge on any atom is -0.00470 e. The van der Waals surface area contributed by atoms with Crippen LogP contribution >= 0.6 is 0 Å². The fourth-order valence-corrected chi connectivity index (χ4v) is 3.16. The molecule has 0 N–H and O–H groups in total. The van der Waals surface area contributed by atoms with Gasteiger partial charge in [0, 0.05) is 0 Å². The van der Waals surface area contributed by atoms with E-state index in [9.17, 15) is 0 Å². The Morgan fingerprint density at radius 1 is 1.60 bits per heavy atom. The maximum absolute atomic E-state index is 3.97. The summed E-state index contributed by atoms with van der Waals surface area (Å²) in [5.41, 5.74) is 5.13. The third-order valence-electron chi connectivity index (χ3n) is 4.61. The molecule has 2 rings (SSSR count). The predicted octanol–water partition coefficient (Wildman–Crippen LogP) is 4.65. The summed E-state index contributed by atoms with van der Waals surface area (Å²) in [6.45, 7) is 11.1. The Balaban J connectivity index is 2.42. The molecule has 0 aliphatic heterocycles. The van der Waals surface area contributed by atoms with Gasteiger partial charge in [0.15, 0.2) is 0 Å². The summed E-state index contributed by atoms with van der Waals surface area (Å²) in [5.74, 6) is 0.831. The summed E-state index contributed by atoms with van der Waals surface area (Å²) in [5, 5.41) is 0. The average molecular weight is 202 g/mol. The van der Waals surface area contributed by atoms with Gasteiger partial charge in [0.05, 0.1) is 0 Å². The van der Waals surface area contributed by atoms with Crippen LogP contribution in [0.25, 0.3) is 0 Å². The first-order valence-electron chi connectivity index (χ1n) is 6.17. The standard InChI is InChI=1S/C15H22/c1-5-12-9-14-8-7-11(3)15(14,4)10-13(12)6-2/h6,9,11H,2,5,7-8,10H2,1,3-4H3. The molecule has 2 aliphatic rings. The average Bonchev–Trinajstić information content (AvgIpc) is 2.53. The molecule has 0 saturated heterocycles. The molecule has 1 saturated carbocycles. The van der Waals surface area contributed by atoms with E-state index in [4.69, 9.17) is 0 Å². The summed E-state index contributed by atoms with van der Waals surface area (Å²) in [6.07, 6.45) is 9.57. The molecule has 2 aliphatic carbocycles. The van der Waals surface area contributed by atoms with Gasteiger partial charge >= 0.3 is 0 Å². The molecule has 2 atom stereocenters. The zero-order valence-electron chi connectivity index (χ0n) is 10.3. The molecule has 0 aromatic carbocycles. The molecular weight excluding hydrogens is 180 g/mol. The number of rotatable bonds is 2. The Hall–Kier alpha value is -0.780. The molecule has 0 aromatic heterocycles. The molecule has 82 valence electrons. The van der Waals surface area contributed by atoms with Gasteiger partial charge in [-0.2, -0.15) is 0 Å². The highest BCUT2D eigenvalue weighted by Crippen LogP contribution is 2.54. The van der Waals surface area contributed by atoms with E-state index in [0.717, 1.165) is 12.3 Å². The number of hydrogen-bond donors (Lipinski definition) is 0. The van der Waals surface area contributed by atoms with Crippen LogP contribution in [0.2, 0.25) is 0 Å². The quantitative estimate of drug-likeness (QED) is 0.611. The first-order valence-corrected chi connectivity index (χ1v) is 6.17. The molecule has 0 nitrogen and oxygen atoms in total. The van der Waals surface area contributed by atoms with Crippen LogP contribution in [-0.2, 0) is 0 Å². The lowest BCUT2D eigenvalue weighted by atomic mass is 9.69. The fraction of sp³-hybridized carbons (Fsp3) is 0.600. The van der Waals surface area contributed by atoms with Crippen molar-refractivity contribution < 1.29 is 0 Å². The van der Waals surface area contributed by atoms with E-state index in [2.05, 4.69) is 39.5 Å². The van der Waals surface area contributed by atoms with E-state index in [1.165, 1.54) is 30.4 Å². The van der Waals surface area contributed by atoms with Crippen LogP contribution in [0.5, 0.6) is 0 Å². The molecule has 0 amide bonds. The SMILES string of the molecule is C=CC1=C(CC)C=C2CCC(C)C2(C)C1.